The van der Waals surface area contributed by atoms with E-state index in [0.29, 0.717) is 19.4 Å². The van der Waals surface area contributed by atoms with Gasteiger partial charge >= 0.3 is 5.97 Å². The molecule has 0 radical (unpaired) electrons. The molecule has 1 aliphatic heterocycles. The van der Waals surface area contributed by atoms with Crippen LogP contribution in [0.25, 0.3) is 0 Å². The van der Waals surface area contributed by atoms with Crippen LogP contribution in [0.5, 0.6) is 0 Å². The highest BCUT2D eigenvalue weighted by molar-refractivity contribution is 7.89. The molecule has 8 nitrogen and oxygen atoms in total. The van der Waals surface area contributed by atoms with Gasteiger partial charge in [-0.1, -0.05) is 11.6 Å². The predicted molar refractivity (Wildman–Crippen MR) is 76.8 cm³/mol. The van der Waals surface area contributed by atoms with Gasteiger partial charge in [-0.3, -0.25) is 9.59 Å². The van der Waals surface area contributed by atoms with Crippen molar-refractivity contribution < 1.29 is 23.1 Å². The van der Waals surface area contributed by atoms with Crippen molar-refractivity contribution in [3.8, 4) is 0 Å². The van der Waals surface area contributed by atoms with E-state index in [-0.39, 0.29) is 10.0 Å². The van der Waals surface area contributed by atoms with Crippen molar-refractivity contribution >= 4 is 33.5 Å². The number of aromatic nitrogens is 1. The van der Waals surface area contributed by atoms with Crippen molar-refractivity contribution in [2.45, 2.75) is 23.8 Å². The summed E-state index contributed by atoms with van der Waals surface area (Å²) < 4.78 is 26.7. The number of hydrogen-bond donors (Lipinski definition) is 2. The summed E-state index contributed by atoms with van der Waals surface area (Å²) in [5.74, 6) is -1.68. The number of hydrogen-bond acceptors (Lipinski definition) is 5. The summed E-state index contributed by atoms with van der Waals surface area (Å²) >= 11 is 5.60. The highest BCUT2D eigenvalue weighted by Crippen LogP contribution is 2.16. The van der Waals surface area contributed by atoms with Gasteiger partial charge in [0.15, 0.2) is 0 Å². The zero-order valence-electron chi connectivity index (χ0n) is 11.4. The van der Waals surface area contributed by atoms with Crippen molar-refractivity contribution in [2.24, 2.45) is 0 Å². The van der Waals surface area contributed by atoms with E-state index in [1.165, 1.54) is 12.1 Å². The van der Waals surface area contributed by atoms with E-state index < -0.39 is 34.5 Å². The van der Waals surface area contributed by atoms with E-state index in [1.807, 2.05) is 0 Å². The SMILES string of the molecule is O=C(O)CN1CCC[C@H](NS(=O)(=O)c2ccc(Cl)nc2)C1=O. The smallest absolute Gasteiger partial charge is 0.323 e. The molecular weight excluding hydrogens is 334 g/mol. The minimum Gasteiger partial charge on any atom is -0.480 e. The molecule has 0 spiro atoms. The van der Waals surface area contributed by atoms with Crippen molar-refractivity contribution in [1.29, 1.82) is 0 Å². The van der Waals surface area contributed by atoms with Gasteiger partial charge in [0.25, 0.3) is 0 Å². The Morgan fingerprint density at radius 1 is 1.50 bits per heavy atom. The molecule has 10 heteroatoms. The number of carbonyl (C=O) groups is 2. The van der Waals surface area contributed by atoms with Crippen LogP contribution in [0.2, 0.25) is 5.15 Å². The van der Waals surface area contributed by atoms with Crippen LogP contribution in [0.15, 0.2) is 23.2 Å². The Balaban J connectivity index is 2.13. The highest BCUT2D eigenvalue weighted by Gasteiger charge is 2.33. The maximum absolute atomic E-state index is 12.2. The summed E-state index contributed by atoms with van der Waals surface area (Å²) in [6.45, 7) is -0.147. The first-order valence-electron chi connectivity index (χ1n) is 6.44. The number of carboxylic acids is 1. The van der Waals surface area contributed by atoms with E-state index >= 15 is 0 Å². The maximum atomic E-state index is 12.2. The van der Waals surface area contributed by atoms with Gasteiger partial charge in [-0.15, -0.1) is 0 Å². The number of halogens is 1. The van der Waals surface area contributed by atoms with Gasteiger partial charge in [0.05, 0.1) is 0 Å². The lowest BCUT2D eigenvalue weighted by molar-refractivity contribution is -0.146. The lowest BCUT2D eigenvalue weighted by Gasteiger charge is -2.31. The molecule has 1 aromatic heterocycles. The van der Waals surface area contributed by atoms with Gasteiger partial charge in [-0.25, -0.2) is 13.4 Å². The first-order valence-corrected chi connectivity index (χ1v) is 8.30. The Labute approximate surface area is 132 Å². The molecular formula is C12H14ClN3O5S. The van der Waals surface area contributed by atoms with Gasteiger partial charge in [0.2, 0.25) is 15.9 Å². The van der Waals surface area contributed by atoms with E-state index in [2.05, 4.69) is 9.71 Å². The fourth-order valence-electron chi connectivity index (χ4n) is 2.15. The molecule has 1 amide bonds. The number of carboxylic acid groups (broad SMARTS) is 1. The molecule has 2 heterocycles. The summed E-state index contributed by atoms with van der Waals surface area (Å²) in [6, 6.07) is 1.63. The molecule has 1 aliphatic rings. The first kappa shape index (κ1) is 16.7. The zero-order valence-corrected chi connectivity index (χ0v) is 13.0. The summed E-state index contributed by atoms with van der Waals surface area (Å²) in [5.41, 5.74) is 0. The molecule has 1 saturated heterocycles. The van der Waals surface area contributed by atoms with Crippen LogP contribution in [0.4, 0.5) is 0 Å². The highest BCUT2D eigenvalue weighted by atomic mass is 35.5. The minimum atomic E-state index is -3.93. The molecule has 22 heavy (non-hydrogen) atoms. The van der Waals surface area contributed by atoms with Crippen LogP contribution in [-0.2, 0) is 19.6 Å². The van der Waals surface area contributed by atoms with Crippen LogP contribution >= 0.6 is 11.6 Å². The number of likely N-dealkylation sites (tertiary alicyclic amines) is 1. The summed E-state index contributed by atoms with van der Waals surface area (Å²) in [4.78, 5) is 27.5. The standard InChI is InChI=1S/C12H14ClN3O5S/c13-10-4-3-8(6-14-10)22(20,21)15-9-2-1-5-16(12(9)19)7-11(17)18/h3-4,6,9,15H,1-2,5,7H2,(H,17,18)/t9-/m0/s1. The van der Waals surface area contributed by atoms with Crippen molar-refractivity contribution in [1.82, 2.24) is 14.6 Å². The van der Waals surface area contributed by atoms with Crippen molar-refractivity contribution in [3.63, 3.8) is 0 Å². The quantitative estimate of drug-likeness (QED) is 0.729. The third-order valence-corrected chi connectivity index (χ3v) is 4.85. The van der Waals surface area contributed by atoms with E-state index in [9.17, 15) is 18.0 Å². The van der Waals surface area contributed by atoms with Crippen LogP contribution in [-0.4, -0.2) is 54.4 Å². The average molecular weight is 348 g/mol. The molecule has 2 N–H and O–H groups in total. The van der Waals surface area contributed by atoms with Crippen LogP contribution in [0.1, 0.15) is 12.8 Å². The zero-order chi connectivity index (χ0) is 16.3. The summed E-state index contributed by atoms with van der Waals surface area (Å²) in [5, 5.41) is 8.91. The van der Waals surface area contributed by atoms with Gasteiger partial charge in [-0.2, -0.15) is 4.72 Å². The Morgan fingerprint density at radius 3 is 2.82 bits per heavy atom. The van der Waals surface area contributed by atoms with Crippen molar-refractivity contribution in [2.75, 3.05) is 13.1 Å². The van der Waals surface area contributed by atoms with E-state index in [1.54, 1.807) is 0 Å². The second kappa shape index (κ2) is 6.59. The van der Waals surface area contributed by atoms with Gasteiger partial charge < -0.3 is 10.0 Å². The molecule has 120 valence electrons. The largest absolute Gasteiger partial charge is 0.480 e. The number of rotatable bonds is 5. The first-order chi connectivity index (χ1) is 10.3. The summed E-state index contributed by atoms with van der Waals surface area (Å²) in [7, 11) is -3.93. The minimum absolute atomic E-state index is 0.111. The number of piperidine rings is 1. The molecule has 1 fully saturated rings. The Hall–Kier alpha value is -1.71. The molecule has 2 rings (SSSR count). The monoisotopic (exact) mass is 347 g/mol. The van der Waals surface area contributed by atoms with Gasteiger partial charge in [0, 0.05) is 12.7 Å². The predicted octanol–water partition coefficient (Wildman–Crippen LogP) is 0.0889. The van der Waals surface area contributed by atoms with Gasteiger partial charge in [-0.05, 0) is 25.0 Å². The molecule has 0 aliphatic carbocycles. The second-order valence-electron chi connectivity index (χ2n) is 4.79. The number of nitrogens with one attached hydrogen (secondary N) is 1. The number of pyridine rings is 1. The van der Waals surface area contributed by atoms with Crippen LogP contribution < -0.4 is 4.72 Å². The average Bonchev–Trinajstić information content (AvgIpc) is 2.43. The van der Waals surface area contributed by atoms with Crippen LogP contribution in [0.3, 0.4) is 0 Å². The maximum Gasteiger partial charge on any atom is 0.323 e. The lowest BCUT2D eigenvalue weighted by Crippen LogP contribution is -2.53. The Bertz CT molecular complexity index is 677. The number of aliphatic carboxylic acids is 1. The molecule has 0 saturated carbocycles. The second-order valence-corrected chi connectivity index (χ2v) is 6.89. The number of carbonyl (C=O) groups excluding carboxylic acids is 1. The lowest BCUT2D eigenvalue weighted by atomic mass is 10.1. The third-order valence-electron chi connectivity index (χ3n) is 3.16. The molecule has 0 unspecified atom stereocenters. The molecule has 0 bridgehead atoms. The fraction of sp³-hybridized carbons (Fsp3) is 0.417. The Morgan fingerprint density at radius 2 is 2.23 bits per heavy atom. The number of nitrogens with zero attached hydrogens (tertiary/aromatic N) is 2. The summed E-state index contributed by atoms with van der Waals surface area (Å²) in [6.07, 6.45) is 1.92. The van der Waals surface area contributed by atoms with Gasteiger partial charge in [0.1, 0.15) is 22.6 Å². The fourth-order valence-corrected chi connectivity index (χ4v) is 3.43. The topological polar surface area (TPSA) is 117 Å². The molecule has 1 atom stereocenters. The van der Waals surface area contributed by atoms with E-state index in [0.717, 1.165) is 11.1 Å². The van der Waals surface area contributed by atoms with E-state index in [4.69, 9.17) is 16.7 Å². The Kier molecular flexibility index (Phi) is 4.99. The molecule has 0 aromatic carbocycles. The van der Waals surface area contributed by atoms with Crippen molar-refractivity contribution in [3.05, 3.63) is 23.5 Å². The number of amides is 1. The number of sulfonamides is 1. The third kappa shape index (κ3) is 3.93. The molecule has 1 aromatic rings. The normalized spacial score (nSPS) is 19.2. The van der Waals surface area contributed by atoms with Crippen LogP contribution in [0, 0.1) is 0 Å².